The second-order valence-corrected chi connectivity index (χ2v) is 6.78. The fourth-order valence-electron chi connectivity index (χ4n) is 3.63. The van der Waals surface area contributed by atoms with Gasteiger partial charge in [-0.3, -0.25) is 9.59 Å². The van der Waals surface area contributed by atoms with E-state index in [1.807, 2.05) is 17.0 Å². The summed E-state index contributed by atoms with van der Waals surface area (Å²) in [6.07, 6.45) is 3.49. The Labute approximate surface area is 153 Å². The van der Waals surface area contributed by atoms with Gasteiger partial charge in [-0.15, -0.1) is 0 Å². The van der Waals surface area contributed by atoms with Crippen LogP contribution in [-0.4, -0.2) is 59.8 Å². The molecular weight excluding hydrogens is 328 g/mol. The van der Waals surface area contributed by atoms with Gasteiger partial charge in [-0.1, -0.05) is 24.3 Å². The van der Waals surface area contributed by atoms with Crippen LogP contribution < -0.4 is 4.90 Å². The van der Waals surface area contributed by atoms with Gasteiger partial charge < -0.3 is 14.7 Å². The first-order chi connectivity index (χ1) is 12.7. The Kier molecular flexibility index (Phi) is 4.56. The van der Waals surface area contributed by atoms with Crippen molar-refractivity contribution in [2.75, 3.05) is 37.6 Å². The third kappa shape index (κ3) is 3.27. The molecule has 0 saturated carbocycles. The van der Waals surface area contributed by atoms with Crippen LogP contribution in [0.1, 0.15) is 21.5 Å². The SMILES string of the molecule is O=CN1CCN(c2cc(C(=O)N3CCc4ccccc4C3)ccn2)CC1. The van der Waals surface area contributed by atoms with Crippen LogP contribution in [-0.2, 0) is 17.8 Å². The molecule has 0 N–H and O–H groups in total. The predicted octanol–water partition coefficient (Wildman–Crippen LogP) is 1.56. The van der Waals surface area contributed by atoms with Crippen LogP contribution in [0.15, 0.2) is 42.6 Å². The second kappa shape index (κ2) is 7.15. The number of benzene rings is 1. The molecule has 6 nitrogen and oxygen atoms in total. The van der Waals surface area contributed by atoms with Crippen molar-refractivity contribution in [1.82, 2.24) is 14.8 Å². The van der Waals surface area contributed by atoms with E-state index in [-0.39, 0.29) is 5.91 Å². The fourth-order valence-corrected chi connectivity index (χ4v) is 3.63. The highest BCUT2D eigenvalue weighted by molar-refractivity contribution is 5.95. The zero-order chi connectivity index (χ0) is 17.9. The molecule has 0 unspecified atom stereocenters. The number of hydrogen-bond donors (Lipinski definition) is 0. The Bertz CT molecular complexity index is 815. The number of aromatic nitrogens is 1. The molecule has 2 aliphatic rings. The molecule has 0 bridgehead atoms. The van der Waals surface area contributed by atoms with Gasteiger partial charge in [0.2, 0.25) is 6.41 Å². The maximum absolute atomic E-state index is 13.0. The molecule has 1 fully saturated rings. The van der Waals surface area contributed by atoms with Gasteiger partial charge in [-0.2, -0.15) is 0 Å². The van der Waals surface area contributed by atoms with Crippen molar-refractivity contribution in [3.63, 3.8) is 0 Å². The third-order valence-electron chi connectivity index (χ3n) is 5.20. The van der Waals surface area contributed by atoms with Crippen LogP contribution in [0.3, 0.4) is 0 Å². The maximum atomic E-state index is 13.0. The molecular formula is C20H22N4O2. The van der Waals surface area contributed by atoms with Crippen molar-refractivity contribution in [2.24, 2.45) is 0 Å². The zero-order valence-electron chi connectivity index (χ0n) is 14.7. The fraction of sp³-hybridized carbons (Fsp3) is 0.350. The standard InChI is InChI=1S/C20H22N4O2/c25-15-22-9-11-23(12-10-22)19-13-17(5-7-21-19)20(26)24-8-6-16-3-1-2-4-18(16)14-24/h1-5,7,13,15H,6,8-12,14H2. The Balaban J connectivity index is 1.48. The van der Waals surface area contributed by atoms with E-state index < -0.39 is 0 Å². The molecule has 2 aliphatic heterocycles. The average molecular weight is 350 g/mol. The molecule has 1 aromatic carbocycles. The number of carbonyl (C=O) groups is 2. The van der Waals surface area contributed by atoms with E-state index in [4.69, 9.17) is 0 Å². The molecule has 2 aromatic rings. The first kappa shape index (κ1) is 16.6. The lowest BCUT2D eigenvalue weighted by atomic mass is 9.99. The van der Waals surface area contributed by atoms with Gasteiger partial charge >= 0.3 is 0 Å². The van der Waals surface area contributed by atoms with Gasteiger partial charge in [0.05, 0.1) is 0 Å². The van der Waals surface area contributed by atoms with Gasteiger partial charge in [0, 0.05) is 51.0 Å². The van der Waals surface area contributed by atoms with E-state index in [1.54, 1.807) is 17.2 Å². The summed E-state index contributed by atoms with van der Waals surface area (Å²) < 4.78 is 0. The maximum Gasteiger partial charge on any atom is 0.254 e. The van der Waals surface area contributed by atoms with Crippen LogP contribution in [0.25, 0.3) is 0 Å². The van der Waals surface area contributed by atoms with Crippen LogP contribution in [0, 0.1) is 0 Å². The molecule has 26 heavy (non-hydrogen) atoms. The number of pyridine rings is 1. The Morgan fingerprint density at radius 2 is 1.77 bits per heavy atom. The first-order valence-corrected chi connectivity index (χ1v) is 9.01. The first-order valence-electron chi connectivity index (χ1n) is 9.01. The monoisotopic (exact) mass is 350 g/mol. The molecule has 0 aliphatic carbocycles. The Morgan fingerprint density at radius 1 is 1.00 bits per heavy atom. The topological polar surface area (TPSA) is 56.8 Å². The van der Waals surface area contributed by atoms with E-state index in [9.17, 15) is 9.59 Å². The average Bonchev–Trinajstić information content (AvgIpc) is 2.73. The van der Waals surface area contributed by atoms with Crippen LogP contribution >= 0.6 is 0 Å². The van der Waals surface area contributed by atoms with E-state index in [0.717, 1.165) is 38.3 Å². The third-order valence-corrected chi connectivity index (χ3v) is 5.20. The smallest absolute Gasteiger partial charge is 0.254 e. The van der Waals surface area contributed by atoms with Gasteiger partial charge in [0.1, 0.15) is 5.82 Å². The zero-order valence-corrected chi connectivity index (χ0v) is 14.7. The van der Waals surface area contributed by atoms with Crippen molar-refractivity contribution < 1.29 is 9.59 Å². The molecule has 3 heterocycles. The Hall–Kier alpha value is -2.89. The number of fused-ring (bicyclic) bond motifs is 1. The van der Waals surface area contributed by atoms with E-state index in [1.165, 1.54) is 11.1 Å². The van der Waals surface area contributed by atoms with Crippen molar-refractivity contribution >= 4 is 18.1 Å². The van der Waals surface area contributed by atoms with Crippen molar-refractivity contribution in [3.8, 4) is 0 Å². The normalized spacial score (nSPS) is 17.0. The Morgan fingerprint density at radius 3 is 2.54 bits per heavy atom. The number of piperazine rings is 1. The largest absolute Gasteiger partial charge is 0.353 e. The molecule has 0 atom stereocenters. The summed E-state index contributed by atoms with van der Waals surface area (Å²) in [5.41, 5.74) is 3.23. The minimum atomic E-state index is 0.0506. The number of rotatable bonds is 3. The lowest BCUT2D eigenvalue weighted by Crippen LogP contribution is -2.46. The second-order valence-electron chi connectivity index (χ2n) is 6.78. The lowest BCUT2D eigenvalue weighted by molar-refractivity contribution is -0.118. The molecule has 6 heteroatoms. The summed E-state index contributed by atoms with van der Waals surface area (Å²) in [6, 6.07) is 12.0. The molecule has 134 valence electrons. The molecule has 2 amide bonds. The number of hydrogen-bond acceptors (Lipinski definition) is 4. The van der Waals surface area contributed by atoms with E-state index >= 15 is 0 Å². The highest BCUT2D eigenvalue weighted by Crippen LogP contribution is 2.22. The predicted molar refractivity (Wildman–Crippen MR) is 99.0 cm³/mol. The number of nitrogens with zero attached hydrogens (tertiary/aromatic N) is 4. The lowest BCUT2D eigenvalue weighted by Gasteiger charge is -2.33. The van der Waals surface area contributed by atoms with Crippen LogP contribution in [0.5, 0.6) is 0 Å². The van der Waals surface area contributed by atoms with Crippen molar-refractivity contribution in [2.45, 2.75) is 13.0 Å². The molecule has 0 spiro atoms. The summed E-state index contributed by atoms with van der Waals surface area (Å²) in [7, 11) is 0. The summed E-state index contributed by atoms with van der Waals surface area (Å²) in [5.74, 6) is 0.855. The van der Waals surface area contributed by atoms with Crippen molar-refractivity contribution in [3.05, 3.63) is 59.3 Å². The highest BCUT2D eigenvalue weighted by atomic mass is 16.2. The molecule has 1 aromatic heterocycles. The number of anilines is 1. The van der Waals surface area contributed by atoms with Crippen molar-refractivity contribution in [1.29, 1.82) is 0 Å². The minimum absolute atomic E-state index is 0.0506. The van der Waals surface area contributed by atoms with E-state index in [2.05, 4.69) is 28.1 Å². The summed E-state index contributed by atoms with van der Waals surface area (Å²) >= 11 is 0. The minimum Gasteiger partial charge on any atom is -0.353 e. The quantitative estimate of drug-likeness (QED) is 0.789. The molecule has 4 rings (SSSR count). The van der Waals surface area contributed by atoms with Gasteiger partial charge in [-0.25, -0.2) is 4.98 Å². The number of amides is 2. The summed E-state index contributed by atoms with van der Waals surface area (Å²) in [6.45, 7) is 4.25. The van der Waals surface area contributed by atoms with E-state index in [0.29, 0.717) is 25.2 Å². The molecule has 1 saturated heterocycles. The van der Waals surface area contributed by atoms with Gasteiger partial charge in [0.15, 0.2) is 0 Å². The summed E-state index contributed by atoms with van der Waals surface area (Å²) in [4.78, 5) is 34.0. The summed E-state index contributed by atoms with van der Waals surface area (Å²) in [5, 5.41) is 0. The van der Waals surface area contributed by atoms with Crippen LogP contribution in [0.2, 0.25) is 0 Å². The van der Waals surface area contributed by atoms with Gasteiger partial charge in [-0.05, 0) is 29.7 Å². The highest BCUT2D eigenvalue weighted by Gasteiger charge is 2.23. The van der Waals surface area contributed by atoms with Gasteiger partial charge in [0.25, 0.3) is 5.91 Å². The molecule has 0 radical (unpaired) electrons. The number of carbonyl (C=O) groups excluding carboxylic acids is 2. The van der Waals surface area contributed by atoms with Crippen LogP contribution in [0.4, 0.5) is 5.82 Å².